The van der Waals surface area contributed by atoms with Crippen LogP contribution >= 0.6 is 0 Å². The van der Waals surface area contributed by atoms with Crippen molar-refractivity contribution < 1.29 is 13.2 Å². The van der Waals surface area contributed by atoms with Crippen molar-refractivity contribution in [1.82, 2.24) is 9.97 Å². The summed E-state index contributed by atoms with van der Waals surface area (Å²) in [6, 6.07) is 5.72. The van der Waals surface area contributed by atoms with Gasteiger partial charge >= 0.3 is 6.18 Å². The Kier molecular flexibility index (Phi) is 5.07. The van der Waals surface area contributed by atoms with Gasteiger partial charge in [-0.2, -0.15) is 18.2 Å². The van der Waals surface area contributed by atoms with Crippen LogP contribution in [0.15, 0.2) is 24.3 Å². The summed E-state index contributed by atoms with van der Waals surface area (Å²) in [4.78, 5) is 9.01. The molecule has 3 rings (SSSR count). The van der Waals surface area contributed by atoms with Crippen molar-refractivity contribution in [2.75, 3.05) is 10.6 Å². The third kappa shape index (κ3) is 4.45. The summed E-state index contributed by atoms with van der Waals surface area (Å²) < 4.78 is 39.0. The number of benzene rings is 1. The van der Waals surface area contributed by atoms with Crippen molar-refractivity contribution in [1.29, 1.82) is 0 Å². The second-order valence-corrected chi connectivity index (χ2v) is 6.88. The molecule has 1 heterocycles. The lowest BCUT2D eigenvalue weighted by molar-refractivity contribution is -0.137. The van der Waals surface area contributed by atoms with Gasteiger partial charge in [0, 0.05) is 23.7 Å². The number of nitrogens with one attached hydrogen (secondary N) is 2. The molecule has 7 heteroatoms. The second kappa shape index (κ2) is 7.13. The Morgan fingerprint density at radius 1 is 1.19 bits per heavy atom. The fraction of sp³-hybridized carbons (Fsp3) is 0.474. The number of rotatable bonds is 6. The molecule has 1 aromatic carbocycles. The van der Waals surface area contributed by atoms with Gasteiger partial charge in [-0.05, 0) is 50.8 Å². The largest absolute Gasteiger partial charge is 0.416 e. The smallest absolute Gasteiger partial charge is 0.352 e. The minimum absolute atomic E-state index is 0.215. The van der Waals surface area contributed by atoms with Gasteiger partial charge < -0.3 is 10.6 Å². The second-order valence-electron chi connectivity index (χ2n) is 6.88. The minimum Gasteiger partial charge on any atom is -0.352 e. The molecule has 0 aliphatic heterocycles. The van der Waals surface area contributed by atoms with Gasteiger partial charge in [0.25, 0.3) is 0 Å². The maximum atomic E-state index is 13.0. The molecule has 0 bridgehead atoms. The molecule has 0 spiro atoms. The molecule has 0 radical (unpaired) electrons. The molecule has 1 aromatic heterocycles. The molecule has 140 valence electrons. The SMILES string of the molecule is CC[C@H](C)Nc1nc(Nc2cc(C(F)(F)F)ccc2C)cc(C2CC2)n1. The van der Waals surface area contributed by atoms with E-state index >= 15 is 0 Å². The molecular weight excluding hydrogens is 341 g/mol. The number of hydrogen-bond acceptors (Lipinski definition) is 4. The van der Waals surface area contributed by atoms with Crippen LogP contribution < -0.4 is 10.6 Å². The van der Waals surface area contributed by atoms with Crippen LogP contribution in [0.4, 0.5) is 30.6 Å². The molecule has 0 amide bonds. The standard InChI is InChI=1S/C19H23F3N4/c1-4-12(3)23-18-25-16(13-6-7-13)10-17(26-18)24-15-9-14(19(20,21)22)8-5-11(15)2/h5,8-10,12-13H,4,6-7H2,1-3H3,(H2,23,24,25,26)/t12-/m0/s1. The van der Waals surface area contributed by atoms with E-state index in [0.29, 0.717) is 23.4 Å². The van der Waals surface area contributed by atoms with Crippen LogP contribution in [-0.4, -0.2) is 16.0 Å². The third-order valence-corrected chi connectivity index (χ3v) is 4.56. The summed E-state index contributed by atoms with van der Waals surface area (Å²) in [5.41, 5.74) is 1.37. The number of aryl methyl sites for hydroxylation is 1. The van der Waals surface area contributed by atoms with E-state index in [1.165, 1.54) is 6.07 Å². The van der Waals surface area contributed by atoms with Gasteiger partial charge in [-0.25, -0.2) is 4.98 Å². The summed E-state index contributed by atoms with van der Waals surface area (Å²) in [7, 11) is 0. The number of anilines is 3. The molecule has 1 aliphatic carbocycles. The molecule has 1 fully saturated rings. The lowest BCUT2D eigenvalue weighted by Gasteiger charge is -2.16. The van der Waals surface area contributed by atoms with Crippen molar-refractivity contribution >= 4 is 17.5 Å². The number of nitrogens with zero attached hydrogens (tertiary/aromatic N) is 2. The first-order valence-corrected chi connectivity index (χ1v) is 8.86. The van der Waals surface area contributed by atoms with E-state index in [0.717, 1.165) is 42.7 Å². The molecule has 0 saturated heterocycles. The Bertz CT molecular complexity index is 785. The monoisotopic (exact) mass is 364 g/mol. The lowest BCUT2D eigenvalue weighted by atomic mass is 10.1. The molecule has 1 saturated carbocycles. The average molecular weight is 364 g/mol. The number of halogens is 3. The first-order valence-electron chi connectivity index (χ1n) is 8.86. The van der Waals surface area contributed by atoms with Gasteiger partial charge in [-0.1, -0.05) is 13.0 Å². The topological polar surface area (TPSA) is 49.8 Å². The van der Waals surface area contributed by atoms with Crippen LogP contribution in [0.2, 0.25) is 0 Å². The minimum atomic E-state index is -4.38. The van der Waals surface area contributed by atoms with Crippen molar-refractivity contribution in [3.05, 3.63) is 41.1 Å². The van der Waals surface area contributed by atoms with Crippen LogP contribution in [-0.2, 0) is 6.18 Å². The van der Waals surface area contributed by atoms with E-state index in [4.69, 9.17) is 0 Å². The van der Waals surface area contributed by atoms with E-state index in [9.17, 15) is 13.2 Å². The summed E-state index contributed by atoms with van der Waals surface area (Å²) in [5, 5.41) is 6.30. The van der Waals surface area contributed by atoms with Gasteiger partial charge in [0.15, 0.2) is 0 Å². The van der Waals surface area contributed by atoms with E-state index in [-0.39, 0.29) is 6.04 Å². The van der Waals surface area contributed by atoms with E-state index in [1.54, 1.807) is 6.92 Å². The normalized spacial score (nSPS) is 15.6. The van der Waals surface area contributed by atoms with E-state index in [1.807, 2.05) is 13.0 Å². The molecule has 26 heavy (non-hydrogen) atoms. The summed E-state index contributed by atoms with van der Waals surface area (Å²) in [6.45, 7) is 5.87. The Morgan fingerprint density at radius 3 is 2.54 bits per heavy atom. The van der Waals surface area contributed by atoms with Gasteiger partial charge in [0.2, 0.25) is 5.95 Å². The van der Waals surface area contributed by atoms with Gasteiger partial charge in [0.1, 0.15) is 5.82 Å². The van der Waals surface area contributed by atoms with E-state index < -0.39 is 11.7 Å². The summed E-state index contributed by atoms with van der Waals surface area (Å²) >= 11 is 0. The molecule has 2 aromatic rings. The van der Waals surface area contributed by atoms with Crippen LogP contribution in [0, 0.1) is 6.92 Å². The molecule has 4 nitrogen and oxygen atoms in total. The number of aromatic nitrogens is 2. The Morgan fingerprint density at radius 2 is 1.92 bits per heavy atom. The lowest BCUT2D eigenvalue weighted by Crippen LogP contribution is -2.16. The Labute approximate surface area is 151 Å². The van der Waals surface area contributed by atoms with Crippen LogP contribution in [0.25, 0.3) is 0 Å². The third-order valence-electron chi connectivity index (χ3n) is 4.56. The Balaban J connectivity index is 1.91. The molecule has 1 aliphatic rings. The Hall–Kier alpha value is -2.31. The first-order chi connectivity index (χ1) is 12.3. The van der Waals surface area contributed by atoms with Crippen molar-refractivity contribution in [2.24, 2.45) is 0 Å². The predicted octanol–water partition coefficient (Wildman–Crippen LogP) is 5.64. The van der Waals surface area contributed by atoms with Gasteiger partial charge in [-0.15, -0.1) is 0 Å². The fourth-order valence-corrected chi connectivity index (χ4v) is 2.58. The quantitative estimate of drug-likeness (QED) is 0.697. The van der Waals surface area contributed by atoms with Crippen LogP contribution in [0.1, 0.15) is 55.8 Å². The first kappa shape index (κ1) is 18.5. The summed E-state index contributed by atoms with van der Waals surface area (Å²) in [5.74, 6) is 1.43. The van der Waals surface area contributed by atoms with Gasteiger partial charge in [0.05, 0.1) is 11.3 Å². The summed E-state index contributed by atoms with van der Waals surface area (Å²) in [6.07, 6.45) is -1.28. The predicted molar refractivity (Wildman–Crippen MR) is 96.8 cm³/mol. The highest BCUT2D eigenvalue weighted by molar-refractivity contribution is 5.63. The zero-order chi connectivity index (χ0) is 18.9. The zero-order valence-corrected chi connectivity index (χ0v) is 15.1. The number of hydrogen-bond donors (Lipinski definition) is 2. The molecule has 2 N–H and O–H groups in total. The van der Waals surface area contributed by atoms with E-state index in [2.05, 4.69) is 27.5 Å². The highest BCUT2D eigenvalue weighted by Gasteiger charge is 2.31. The van der Waals surface area contributed by atoms with Crippen molar-refractivity contribution in [2.45, 2.75) is 58.2 Å². The number of alkyl halides is 3. The molecule has 1 atom stereocenters. The maximum Gasteiger partial charge on any atom is 0.416 e. The molecular formula is C19H23F3N4. The highest BCUT2D eigenvalue weighted by Crippen LogP contribution is 2.40. The fourth-order valence-electron chi connectivity index (χ4n) is 2.58. The van der Waals surface area contributed by atoms with Crippen LogP contribution in [0.5, 0.6) is 0 Å². The average Bonchev–Trinajstić information content (AvgIpc) is 3.40. The maximum absolute atomic E-state index is 13.0. The van der Waals surface area contributed by atoms with Crippen LogP contribution in [0.3, 0.4) is 0 Å². The highest BCUT2D eigenvalue weighted by atomic mass is 19.4. The van der Waals surface area contributed by atoms with Crippen molar-refractivity contribution in [3.8, 4) is 0 Å². The zero-order valence-electron chi connectivity index (χ0n) is 15.1. The molecule has 0 unspecified atom stereocenters. The van der Waals surface area contributed by atoms with Crippen molar-refractivity contribution in [3.63, 3.8) is 0 Å². The van der Waals surface area contributed by atoms with Gasteiger partial charge in [-0.3, -0.25) is 0 Å².